The molecule has 0 saturated heterocycles. The Morgan fingerprint density at radius 2 is 0.938 bits per heavy atom. The van der Waals surface area contributed by atoms with Crippen LogP contribution in [0.3, 0.4) is 0 Å². The molecule has 0 atom stereocenters. The number of hydrogen-bond acceptors (Lipinski definition) is 2. The first-order valence-electron chi connectivity index (χ1n) is 12.7. The van der Waals surface area contributed by atoms with Crippen LogP contribution >= 0.6 is 0 Å². The van der Waals surface area contributed by atoms with Crippen molar-refractivity contribution in [2.45, 2.75) is 104 Å². The highest BCUT2D eigenvalue weighted by Crippen LogP contribution is 2.39. The van der Waals surface area contributed by atoms with Crippen LogP contribution in [0.25, 0.3) is 0 Å². The average Bonchev–Trinajstić information content (AvgIpc) is 2.85. The quantitative estimate of drug-likeness (QED) is 0.292. The minimum absolute atomic E-state index is 0.181. The molecule has 32 heavy (non-hydrogen) atoms. The highest BCUT2D eigenvalue weighted by Gasteiger charge is 2.27. The molecule has 0 N–H and O–H groups in total. The third-order valence-electron chi connectivity index (χ3n) is 8.13. The van der Waals surface area contributed by atoms with E-state index in [4.69, 9.17) is 9.47 Å². The summed E-state index contributed by atoms with van der Waals surface area (Å²) in [6.07, 6.45) is 9.01. The minimum atomic E-state index is 0.181. The lowest BCUT2D eigenvalue weighted by Crippen LogP contribution is -2.20. The zero-order valence-corrected chi connectivity index (χ0v) is 21.9. The van der Waals surface area contributed by atoms with Gasteiger partial charge in [0, 0.05) is 11.1 Å². The highest BCUT2D eigenvalue weighted by atomic mass is 16.5. The van der Waals surface area contributed by atoms with Gasteiger partial charge in [-0.3, -0.25) is 0 Å². The zero-order chi connectivity index (χ0) is 23.8. The number of aryl methyl sites for hydroxylation is 2. The molecule has 0 radical (unpaired) electrons. The average molecular weight is 439 g/mol. The first kappa shape index (κ1) is 26.3. The summed E-state index contributed by atoms with van der Waals surface area (Å²) in [7, 11) is 3.60. The topological polar surface area (TPSA) is 18.5 Å². The largest absolute Gasteiger partial charge is 0.496 e. The molecular formula is C30H46O2. The molecule has 0 aliphatic rings. The predicted molar refractivity (Wildman–Crippen MR) is 138 cm³/mol. The fraction of sp³-hybridized carbons (Fsp3) is 0.600. The van der Waals surface area contributed by atoms with Crippen LogP contribution in [0.4, 0.5) is 0 Å². The van der Waals surface area contributed by atoms with Crippen molar-refractivity contribution in [2.75, 3.05) is 14.2 Å². The van der Waals surface area contributed by atoms with Gasteiger partial charge in [-0.25, -0.2) is 0 Å². The SMILES string of the molecule is CCC(C)(CC)c1ccc(CCCCc2ccc(C(C)(CC)CC)c(OC)c2)cc1OC. The first-order chi connectivity index (χ1) is 15.3. The molecule has 2 aromatic carbocycles. The van der Waals surface area contributed by atoms with E-state index in [-0.39, 0.29) is 10.8 Å². The second kappa shape index (κ2) is 11.8. The van der Waals surface area contributed by atoms with Crippen LogP contribution in [0, 0.1) is 0 Å². The lowest BCUT2D eigenvalue weighted by Gasteiger charge is -2.29. The van der Waals surface area contributed by atoms with Gasteiger partial charge in [-0.2, -0.15) is 0 Å². The normalized spacial score (nSPS) is 12.1. The molecule has 0 saturated carbocycles. The Kier molecular flexibility index (Phi) is 9.67. The van der Waals surface area contributed by atoms with E-state index >= 15 is 0 Å². The fourth-order valence-corrected chi connectivity index (χ4v) is 4.70. The molecule has 0 bridgehead atoms. The van der Waals surface area contributed by atoms with Crippen molar-refractivity contribution >= 4 is 0 Å². The zero-order valence-electron chi connectivity index (χ0n) is 21.9. The predicted octanol–water partition coefficient (Wildman–Crippen LogP) is 8.42. The maximum atomic E-state index is 5.78. The highest BCUT2D eigenvalue weighted by molar-refractivity contribution is 5.43. The molecule has 0 amide bonds. The van der Waals surface area contributed by atoms with Gasteiger partial charge in [0.25, 0.3) is 0 Å². The van der Waals surface area contributed by atoms with Gasteiger partial charge in [-0.1, -0.05) is 65.8 Å². The van der Waals surface area contributed by atoms with E-state index < -0.39 is 0 Å². The molecule has 0 aliphatic carbocycles. The van der Waals surface area contributed by atoms with Crippen LogP contribution in [0.2, 0.25) is 0 Å². The van der Waals surface area contributed by atoms with Gasteiger partial charge in [0.2, 0.25) is 0 Å². The third-order valence-corrected chi connectivity index (χ3v) is 8.13. The van der Waals surface area contributed by atoms with Gasteiger partial charge < -0.3 is 9.47 Å². The van der Waals surface area contributed by atoms with Gasteiger partial charge in [0.1, 0.15) is 11.5 Å². The lowest BCUT2D eigenvalue weighted by molar-refractivity contribution is 0.372. The van der Waals surface area contributed by atoms with Crippen molar-refractivity contribution in [1.82, 2.24) is 0 Å². The van der Waals surface area contributed by atoms with Gasteiger partial charge in [0.05, 0.1) is 14.2 Å². The number of benzene rings is 2. The van der Waals surface area contributed by atoms with E-state index in [0.29, 0.717) is 0 Å². The van der Waals surface area contributed by atoms with E-state index in [1.807, 2.05) is 0 Å². The summed E-state index contributed by atoms with van der Waals surface area (Å²) in [5.41, 5.74) is 5.78. The standard InChI is InChI=1S/C30H46O2/c1-9-29(5,10-2)25-19-17-23(21-27(25)31-7)15-13-14-16-24-18-20-26(28(22-24)32-8)30(6,11-3)12-4/h17-22H,9-16H2,1-8H3. The molecule has 2 nitrogen and oxygen atoms in total. The number of unbranched alkanes of at least 4 members (excludes halogenated alkanes) is 1. The first-order valence-corrected chi connectivity index (χ1v) is 12.7. The van der Waals surface area contributed by atoms with Gasteiger partial charge in [-0.15, -0.1) is 0 Å². The van der Waals surface area contributed by atoms with Gasteiger partial charge in [-0.05, 0) is 85.5 Å². The van der Waals surface area contributed by atoms with E-state index in [9.17, 15) is 0 Å². The Labute approximate surface area is 197 Å². The minimum Gasteiger partial charge on any atom is -0.496 e. The van der Waals surface area contributed by atoms with Gasteiger partial charge >= 0.3 is 0 Å². The van der Waals surface area contributed by atoms with Crippen LogP contribution in [-0.4, -0.2) is 14.2 Å². The molecule has 0 spiro atoms. The number of methoxy groups -OCH3 is 2. The number of hydrogen-bond donors (Lipinski definition) is 0. The van der Waals surface area contributed by atoms with Crippen LogP contribution in [0.5, 0.6) is 11.5 Å². The van der Waals surface area contributed by atoms with Crippen LogP contribution in [-0.2, 0) is 23.7 Å². The molecule has 0 fully saturated rings. The second-order valence-corrected chi connectivity index (χ2v) is 9.81. The van der Waals surface area contributed by atoms with Crippen molar-refractivity contribution in [3.63, 3.8) is 0 Å². The van der Waals surface area contributed by atoms with E-state index in [2.05, 4.69) is 77.9 Å². The van der Waals surface area contributed by atoms with Crippen LogP contribution < -0.4 is 9.47 Å². The van der Waals surface area contributed by atoms with E-state index in [1.54, 1.807) is 14.2 Å². The smallest absolute Gasteiger partial charge is 0.122 e. The lowest BCUT2D eigenvalue weighted by atomic mass is 9.77. The van der Waals surface area contributed by atoms with Crippen molar-refractivity contribution in [3.8, 4) is 11.5 Å². The summed E-state index contributed by atoms with van der Waals surface area (Å²) in [5.74, 6) is 2.09. The van der Waals surface area contributed by atoms with Crippen LogP contribution in [0.1, 0.15) is 102 Å². The molecule has 2 rings (SSSR count). The van der Waals surface area contributed by atoms with Crippen molar-refractivity contribution in [3.05, 3.63) is 58.7 Å². The summed E-state index contributed by atoms with van der Waals surface area (Å²) in [6.45, 7) is 13.8. The Balaban J connectivity index is 2.02. The third kappa shape index (κ3) is 5.88. The Morgan fingerprint density at radius 3 is 1.22 bits per heavy atom. The van der Waals surface area contributed by atoms with Gasteiger partial charge in [0.15, 0.2) is 0 Å². The van der Waals surface area contributed by atoms with Crippen LogP contribution in [0.15, 0.2) is 36.4 Å². The van der Waals surface area contributed by atoms with E-state index in [1.165, 1.54) is 35.1 Å². The van der Waals surface area contributed by atoms with Crippen molar-refractivity contribution in [1.29, 1.82) is 0 Å². The van der Waals surface area contributed by atoms with Crippen molar-refractivity contribution in [2.24, 2.45) is 0 Å². The maximum absolute atomic E-state index is 5.78. The summed E-state index contributed by atoms with van der Waals surface area (Å²) in [4.78, 5) is 0. The second-order valence-electron chi connectivity index (χ2n) is 9.81. The monoisotopic (exact) mass is 438 g/mol. The Hall–Kier alpha value is -1.96. The summed E-state index contributed by atoms with van der Waals surface area (Å²) < 4.78 is 11.6. The number of rotatable bonds is 13. The Morgan fingerprint density at radius 1 is 0.594 bits per heavy atom. The molecule has 2 heteroatoms. The van der Waals surface area contributed by atoms with E-state index in [0.717, 1.165) is 50.0 Å². The molecule has 178 valence electrons. The summed E-state index contributed by atoms with van der Waals surface area (Å²) in [5, 5.41) is 0. The Bertz CT molecular complexity index is 772. The molecule has 0 unspecified atom stereocenters. The summed E-state index contributed by atoms with van der Waals surface area (Å²) in [6, 6.07) is 13.7. The fourth-order valence-electron chi connectivity index (χ4n) is 4.70. The van der Waals surface area contributed by atoms with Crippen molar-refractivity contribution < 1.29 is 9.47 Å². The number of ether oxygens (including phenoxy) is 2. The molecule has 0 heterocycles. The maximum Gasteiger partial charge on any atom is 0.122 e. The summed E-state index contributed by atoms with van der Waals surface area (Å²) >= 11 is 0. The molecule has 2 aromatic rings. The molecular weight excluding hydrogens is 392 g/mol. The molecule has 0 aromatic heterocycles. The molecule has 0 aliphatic heterocycles.